The van der Waals surface area contributed by atoms with Crippen molar-refractivity contribution < 1.29 is 29.0 Å². The smallest absolute Gasteiger partial charge is 0.272 e. The van der Waals surface area contributed by atoms with Gasteiger partial charge in [-0.1, -0.05) is 13.8 Å². The molecule has 3 N–H and O–H groups in total. The maximum absolute atomic E-state index is 13.7. The number of imide groups is 1. The van der Waals surface area contributed by atoms with Gasteiger partial charge in [0.1, 0.15) is 24.2 Å². The quantitative estimate of drug-likeness (QED) is 0.230. The van der Waals surface area contributed by atoms with Gasteiger partial charge in [-0.05, 0) is 86.2 Å². The monoisotopic (exact) mass is 824 g/mol. The van der Waals surface area contributed by atoms with Crippen LogP contribution >= 0.6 is 0 Å². The van der Waals surface area contributed by atoms with Gasteiger partial charge in [-0.2, -0.15) is 5.26 Å². The molecule has 0 radical (unpaired) electrons. The number of piperazine rings is 1. The van der Waals surface area contributed by atoms with Crippen molar-refractivity contribution in [2.45, 2.75) is 76.3 Å². The normalized spacial score (nSPS) is 27.1. The Kier molecular flexibility index (Phi) is 9.26. The Bertz CT molecular complexity index is 2530. The summed E-state index contributed by atoms with van der Waals surface area (Å²) in [6.07, 6.45) is 2.66. The van der Waals surface area contributed by atoms with Gasteiger partial charge < -0.3 is 30.3 Å². The number of aliphatic hydroxyl groups excluding tert-OH is 1. The van der Waals surface area contributed by atoms with Crippen LogP contribution < -0.4 is 25.2 Å². The molecular weight excluding hydrogens is 777 g/mol. The van der Waals surface area contributed by atoms with Gasteiger partial charge in [-0.25, -0.2) is 0 Å². The fraction of sp³-hybridized carbons (Fsp3) is 0.467. The summed E-state index contributed by atoms with van der Waals surface area (Å²) in [5.41, 5.74) is 2.97. The van der Waals surface area contributed by atoms with Crippen LogP contribution in [0.25, 0.3) is 10.9 Å². The SMILES string of the molecule is CC1(C)C(NC(=O)c2ccc(N3CCC(CN4CCN(c5ccc6c(c5)C(=O)N(C5CCC(=O)NC5O)C6=O)CC4)CC3)nn2)C2(C)c3ccnc4c(C#N)ccc(c34)O[C@@H]12. The average molecular weight is 825 g/mol. The average Bonchev–Trinajstić information content (AvgIpc) is 3.52. The number of aliphatic hydroxyl groups is 1. The first-order valence-corrected chi connectivity index (χ1v) is 21.2. The summed E-state index contributed by atoms with van der Waals surface area (Å²) in [6.45, 7) is 12.4. The molecule has 4 aromatic rings. The lowest BCUT2D eigenvalue weighted by atomic mass is 9.45. The van der Waals surface area contributed by atoms with Gasteiger partial charge in [0.15, 0.2) is 11.5 Å². The van der Waals surface area contributed by atoms with Gasteiger partial charge in [-0.15, -0.1) is 10.2 Å². The number of piperidine rings is 2. The number of fused-ring (bicyclic) bond motifs is 3. The van der Waals surface area contributed by atoms with E-state index in [1.54, 1.807) is 30.5 Å². The van der Waals surface area contributed by atoms with Gasteiger partial charge in [0, 0.05) is 74.9 Å². The zero-order valence-corrected chi connectivity index (χ0v) is 34.4. The molecule has 4 fully saturated rings. The molecule has 6 aliphatic rings. The molecule has 16 nitrogen and oxygen atoms in total. The third kappa shape index (κ3) is 6.19. The number of anilines is 2. The zero-order valence-electron chi connectivity index (χ0n) is 34.4. The van der Waals surface area contributed by atoms with Crippen LogP contribution in [0.3, 0.4) is 0 Å². The number of hydrogen-bond donors (Lipinski definition) is 3. The summed E-state index contributed by atoms with van der Waals surface area (Å²) >= 11 is 0. The zero-order chi connectivity index (χ0) is 42.4. The predicted molar refractivity (Wildman–Crippen MR) is 223 cm³/mol. The van der Waals surface area contributed by atoms with E-state index in [0.717, 1.165) is 86.0 Å². The van der Waals surface area contributed by atoms with Crippen LogP contribution in [0, 0.1) is 22.7 Å². The minimum absolute atomic E-state index is 0.145. The summed E-state index contributed by atoms with van der Waals surface area (Å²) in [5, 5.41) is 35.6. The second-order valence-corrected chi connectivity index (χ2v) is 18.1. The first kappa shape index (κ1) is 39.0. The number of ether oxygens (including phenoxy) is 1. The number of aromatic nitrogens is 3. The predicted octanol–water partition coefficient (Wildman–Crippen LogP) is 2.99. The molecule has 5 atom stereocenters. The van der Waals surface area contributed by atoms with Gasteiger partial charge in [0.25, 0.3) is 17.7 Å². The number of amides is 4. The van der Waals surface area contributed by atoms with Crippen molar-refractivity contribution in [3.63, 3.8) is 0 Å². The highest BCUT2D eigenvalue weighted by atomic mass is 16.5. The minimum atomic E-state index is -1.28. The van der Waals surface area contributed by atoms with Crippen molar-refractivity contribution in [1.82, 2.24) is 35.6 Å². The first-order valence-electron chi connectivity index (χ1n) is 21.2. The summed E-state index contributed by atoms with van der Waals surface area (Å²) in [4.78, 5) is 64.6. The van der Waals surface area contributed by atoms with Crippen LogP contribution in [0.15, 0.2) is 54.7 Å². The lowest BCUT2D eigenvalue weighted by molar-refractivity contribution is -0.131. The highest BCUT2D eigenvalue weighted by Crippen LogP contribution is 2.61. The molecule has 5 aliphatic heterocycles. The molecule has 1 saturated carbocycles. The number of hydrogen-bond acceptors (Lipinski definition) is 13. The van der Waals surface area contributed by atoms with E-state index >= 15 is 0 Å². The third-order valence-electron chi connectivity index (χ3n) is 14.3. The van der Waals surface area contributed by atoms with Gasteiger partial charge in [0.05, 0.1) is 39.7 Å². The summed E-state index contributed by atoms with van der Waals surface area (Å²) in [5.74, 6) is 0.536. The third-order valence-corrected chi connectivity index (χ3v) is 14.3. The highest BCUT2D eigenvalue weighted by Gasteiger charge is 2.69. The lowest BCUT2D eigenvalue weighted by Gasteiger charge is -2.66. The van der Waals surface area contributed by atoms with Crippen molar-refractivity contribution in [3.05, 3.63) is 82.7 Å². The number of pyridine rings is 1. The number of carbonyl (C=O) groups is 4. The van der Waals surface area contributed by atoms with E-state index in [1.165, 1.54) is 0 Å². The molecule has 2 aromatic heterocycles. The number of nitriles is 1. The summed E-state index contributed by atoms with van der Waals surface area (Å²) in [6, 6.07) is 15.8. The van der Waals surface area contributed by atoms with Gasteiger partial charge in [-0.3, -0.25) is 34.0 Å². The van der Waals surface area contributed by atoms with Gasteiger partial charge in [0.2, 0.25) is 5.91 Å². The Balaban J connectivity index is 0.718. The first-order chi connectivity index (χ1) is 29.4. The lowest BCUT2D eigenvalue weighted by Crippen LogP contribution is -2.78. The molecule has 16 heteroatoms. The van der Waals surface area contributed by atoms with E-state index < -0.39 is 34.9 Å². The fourth-order valence-corrected chi connectivity index (χ4v) is 11.2. The number of nitrogens with zero attached hydrogens (tertiary/aromatic N) is 8. The Labute approximate surface area is 352 Å². The Morgan fingerprint density at radius 2 is 1.70 bits per heavy atom. The van der Waals surface area contributed by atoms with Gasteiger partial charge >= 0.3 is 0 Å². The number of rotatable bonds is 7. The van der Waals surface area contributed by atoms with Crippen molar-refractivity contribution in [2.75, 3.05) is 55.6 Å². The molecule has 314 valence electrons. The Morgan fingerprint density at radius 3 is 2.43 bits per heavy atom. The van der Waals surface area contributed by atoms with Crippen LogP contribution in [0.2, 0.25) is 0 Å². The molecule has 2 aromatic carbocycles. The van der Waals surface area contributed by atoms with E-state index in [1.807, 2.05) is 24.3 Å². The molecule has 10 rings (SSSR count). The van der Waals surface area contributed by atoms with Crippen LogP contribution in [-0.4, -0.2) is 124 Å². The number of carbonyl (C=O) groups excluding carboxylic acids is 4. The fourth-order valence-electron chi connectivity index (χ4n) is 11.2. The molecule has 3 saturated heterocycles. The standard InChI is InChI=1S/C45H48N10O6/c1-44(2)42(45(3)30-12-15-47-37-26(23-46)4-9-33(36(30)37)61-43(44)45)49-38(57)31-7-10-34(51-50-31)54-16-13-25(14-17-54)24-52-18-20-53(21-19-52)27-5-6-28-29(22-27)41(60)55(40(28)59)32-8-11-35(56)48-39(32)58/h4-7,9-10,12,15,22,25,32,39,42-43,58H,8,11,13-14,16-21,24H2,1-3H3,(H,48,56)(H,49,57)/t32?,39?,42?,43-,45?/m0/s1. The highest BCUT2D eigenvalue weighted by molar-refractivity contribution is 6.22. The van der Waals surface area contributed by atoms with Crippen LogP contribution in [0.4, 0.5) is 11.5 Å². The molecule has 0 bridgehead atoms. The van der Waals surface area contributed by atoms with Crippen molar-refractivity contribution in [2.24, 2.45) is 11.3 Å². The van der Waals surface area contributed by atoms with E-state index in [0.29, 0.717) is 33.9 Å². The van der Waals surface area contributed by atoms with E-state index in [9.17, 15) is 29.5 Å². The molecule has 0 spiro atoms. The minimum Gasteiger partial charge on any atom is -0.488 e. The van der Waals surface area contributed by atoms with Crippen LogP contribution in [0.5, 0.6) is 5.75 Å². The van der Waals surface area contributed by atoms with E-state index in [-0.39, 0.29) is 42.5 Å². The molecule has 61 heavy (non-hydrogen) atoms. The van der Waals surface area contributed by atoms with Crippen molar-refractivity contribution in [1.29, 1.82) is 5.26 Å². The topological polar surface area (TPSA) is 197 Å². The molecule has 7 heterocycles. The number of nitrogens with one attached hydrogen (secondary N) is 2. The molecule has 1 aliphatic carbocycles. The maximum atomic E-state index is 13.7. The van der Waals surface area contributed by atoms with Crippen LogP contribution in [0.1, 0.15) is 88.8 Å². The second kappa shape index (κ2) is 14.5. The van der Waals surface area contributed by atoms with E-state index in [4.69, 9.17) is 4.74 Å². The second-order valence-electron chi connectivity index (χ2n) is 18.1. The van der Waals surface area contributed by atoms with Crippen molar-refractivity contribution in [3.8, 4) is 11.8 Å². The molecular formula is C45H48N10O6. The largest absolute Gasteiger partial charge is 0.488 e. The van der Waals surface area contributed by atoms with Crippen LogP contribution in [-0.2, 0) is 10.2 Å². The summed E-state index contributed by atoms with van der Waals surface area (Å²) in [7, 11) is 0. The van der Waals surface area contributed by atoms with Crippen molar-refractivity contribution >= 4 is 46.0 Å². The molecule has 4 amide bonds. The molecule has 4 unspecified atom stereocenters. The summed E-state index contributed by atoms with van der Waals surface area (Å²) < 4.78 is 6.56. The van der Waals surface area contributed by atoms with E-state index in [2.05, 4.69) is 67.4 Å². The number of benzene rings is 2. The maximum Gasteiger partial charge on any atom is 0.272 e. The Morgan fingerprint density at radius 1 is 0.934 bits per heavy atom. The Hall–Kier alpha value is -6.18.